The number of nitrogens with zero attached hydrogens (tertiary/aromatic N) is 1. The Hall–Kier alpha value is -3.58. The van der Waals surface area contributed by atoms with Gasteiger partial charge in [-0.1, -0.05) is 18.2 Å². The van der Waals surface area contributed by atoms with Gasteiger partial charge in [0.25, 0.3) is 5.91 Å². The zero-order valence-corrected chi connectivity index (χ0v) is 15.8. The molecule has 0 bridgehead atoms. The topological polar surface area (TPSA) is 92.0 Å². The summed E-state index contributed by atoms with van der Waals surface area (Å²) >= 11 is 0. The molecule has 0 atom stereocenters. The number of H-pyrrole nitrogens is 2. The molecule has 28 heavy (non-hydrogen) atoms. The molecule has 7 heteroatoms. The van der Waals surface area contributed by atoms with Crippen LogP contribution in [0.5, 0.6) is 11.5 Å². The lowest BCUT2D eigenvalue weighted by molar-refractivity contribution is 0.0532. The predicted molar refractivity (Wildman–Crippen MR) is 106 cm³/mol. The normalized spacial score (nSPS) is 11.0. The van der Waals surface area contributed by atoms with Crippen molar-refractivity contribution >= 4 is 16.9 Å². The highest BCUT2D eigenvalue weighted by molar-refractivity contribution is 5.96. The molecular formula is C21H20N4O3. The molecule has 0 fully saturated rings. The molecule has 2 aromatic carbocycles. The number of imidazole rings is 1. The van der Waals surface area contributed by atoms with Crippen LogP contribution < -0.4 is 10.2 Å². The number of nitrogens with one attached hydrogen (secondary N) is 3. The number of aromatic amines is 2. The Balaban J connectivity index is 1.70. The first-order valence-corrected chi connectivity index (χ1v) is 8.82. The number of ether oxygens (including phenoxy) is 1. The molecule has 0 aliphatic heterocycles. The third kappa shape index (κ3) is 3.23. The molecule has 0 unspecified atom stereocenters. The summed E-state index contributed by atoms with van der Waals surface area (Å²) in [4.78, 5) is 28.0. The van der Waals surface area contributed by atoms with Crippen LogP contribution in [0.4, 0.5) is 0 Å². The van der Waals surface area contributed by atoms with Crippen LogP contribution in [0, 0.1) is 13.8 Å². The second-order valence-electron chi connectivity index (χ2n) is 6.44. The van der Waals surface area contributed by atoms with E-state index in [1.165, 1.54) is 7.11 Å². The van der Waals surface area contributed by atoms with Gasteiger partial charge in [-0.15, -0.1) is 0 Å². The van der Waals surface area contributed by atoms with Crippen molar-refractivity contribution in [2.24, 2.45) is 0 Å². The van der Waals surface area contributed by atoms with E-state index in [9.17, 15) is 4.79 Å². The lowest BCUT2D eigenvalue weighted by Gasteiger charge is -2.04. The van der Waals surface area contributed by atoms with Crippen LogP contribution in [-0.2, 0) is 4.84 Å². The number of aryl methyl sites for hydroxylation is 1. The first-order valence-electron chi connectivity index (χ1n) is 8.82. The molecule has 4 aromatic rings. The van der Waals surface area contributed by atoms with E-state index in [0.29, 0.717) is 11.5 Å². The summed E-state index contributed by atoms with van der Waals surface area (Å²) < 4.78 is 5.89. The maximum Gasteiger partial charge on any atom is 0.291 e. The predicted octanol–water partition coefficient (Wildman–Crippen LogP) is 4.26. The number of rotatable bonds is 5. The molecule has 0 saturated carbocycles. The minimum Gasteiger partial charge on any atom is -0.457 e. The van der Waals surface area contributed by atoms with Crippen LogP contribution >= 0.6 is 0 Å². The lowest BCUT2D eigenvalue weighted by atomic mass is 10.1. The quantitative estimate of drug-likeness (QED) is 0.454. The average Bonchev–Trinajstić information content (AvgIpc) is 3.22. The van der Waals surface area contributed by atoms with Crippen LogP contribution in [0.3, 0.4) is 0 Å². The van der Waals surface area contributed by atoms with Crippen LogP contribution in [0.15, 0.2) is 48.5 Å². The third-order valence-corrected chi connectivity index (χ3v) is 4.53. The average molecular weight is 376 g/mol. The van der Waals surface area contributed by atoms with Crippen LogP contribution in [0.25, 0.3) is 22.4 Å². The Bertz CT molecular complexity index is 1150. The van der Waals surface area contributed by atoms with Gasteiger partial charge in [-0.3, -0.25) is 9.63 Å². The number of benzene rings is 2. The monoisotopic (exact) mass is 376 g/mol. The number of carbonyl (C=O) groups excluding carboxylic acids is 1. The molecule has 0 aliphatic rings. The molecule has 4 rings (SSSR count). The van der Waals surface area contributed by atoms with Gasteiger partial charge in [-0.05, 0) is 43.7 Å². The molecule has 142 valence electrons. The van der Waals surface area contributed by atoms with Gasteiger partial charge in [0.15, 0.2) is 0 Å². The second kappa shape index (κ2) is 7.21. The van der Waals surface area contributed by atoms with E-state index in [0.717, 1.165) is 39.4 Å². The smallest absolute Gasteiger partial charge is 0.291 e. The van der Waals surface area contributed by atoms with Gasteiger partial charge in [0.1, 0.15) is 23.0 Å². The van der Waals surface area contributed by atoms with E-state index in [2.05, 4.69) is 20.4 Å². The van der Waals surface area contributed by atoms with Gasteiger partial charge >= 0.3 is 0 Å². The number of aromatic nitrogens is 3. The van der Waals surface area contributed by atoms with E-state index < -0.39 is 0 Å². The fourth-order valence-corrected chi connectivity index (χ4v) is 3.27. The Labute approximate surface area is 161 Å². The highest BCUT2D eigenvalue weighted by Crippen LogP contribution is 2.31. The number of para-hydroxylation sites is 1. The zero-order valence-electron chi connectivity index (χ0n) is 15.8. The number of carbonyl (C=O) groups is 1. The molecule has 0 saturated heterocycles. The molecule has 3 N–H and O–H groups in total. The van der Waals surface area contributed by atoms with E-state index in [1.807, 2.05) is 62.4 Å². The van der Waals surface area contributed by atoms with Crippen LogP contribution in [-0.4, -0.2) is 28.0 Å². The fourth-order valence-electron chi connectivity index (χ4n) is 3.27. The second-order valence-corrected chi connectivity index (χ2v) is 6.44. The molecule has 1 amide bonds. The Morgan fingerprint density at radius 1 is 1.04 bits per heavy atom. The number of amides is 1. The summed E-state index contributed by atoms with van der Waals surface area (Å²) in [6, 6.07) is 15.3. The van der Waals surface area contributed by atoms with E-state index in [4.69, 9.17) is 9.57 Å². The molecule has 2 heterocycles. The maximum absolute atomic E-state index is 12.1. The molecule has 7 nitrogen and oxygen atoms in total. The minimum atomic E-state index is -0.330. The van der Waals surface area contributed by atoms with E-state index >= 15 is 0 Å². The third-order valence-electron chi connectivity index (χ3n) is 4.53. The SMILES string of the molecule is CONC(=O)c1[nH]c(C)c(-c2nc3ccc(Oc4ccccc4)cc3[nH]2)c1C. The van der Waals surface area contributed by atoms with Crippen molar-refractivity contribution in [1.82, 2.24) is 20.4 Å². The highest BCUT2D eigenvalue weighted by Gasteiger charge is 2.20. The Morgan fingerprint density at radius 3 is 2.57 bits per heavy atom. The summed E-state index contributed by atoms with van der Waals surface area (Å²) in [6.07, 6.45) is 0. The number of hydroxylamine groups is 1. The van der Waals surface area contributed by atoms with Gasteiger partial charge in [0, 0.05) is 17.3 Å². The standard InChI is InChI=1S/C21H20N4O3/c1-12-18(13(2)22-19(12)21(26)25-27-3)20-23-16-10-9-15(11-17(16)24-20)28-14-7-5-4-6-8-14/h4-11,22H,1-3H3,(H,23,24)(H,25,26). The van der Waals surface area contributed by atoms with Gasteiger partial charge in [0.05, 0.1) is 18.1 Å². The number of hydrogen-bond acceptors (Lipinski definition) is 4. The van der Waals surface area contributed by atoms with Gasteiger partial charge < -0.3 is 14.7 Å². The molecule has 0 aliphatic carbocycles. The molecule has 0 radical (unpaired) electrons. The Kier molecular flexibility index (Phi) is 4.58. The summed E-state index contributed by atoms with van der Waals surface area (Å²) in [5.74, 6) is 1.85. The van der Waals surface area contributed by atoms with Crippen molar-refractivity contribution in [3.8, 4) is 22.9 Å². The summed E-state index contributed by atoms with van der Waals surface area (Å²) in [5, 5.41) is 0. The Morgan fingerprint density at radius 2 is 1.82 bits per heavy atom. The molecule has 0 spiro atoms. The van der Waals surface area contributed by atoms with Gasteiger partial charge in [-0.2, -0.15) is 0 Å². The number of fused-ring (bicyclic) bond motifs is 1. The van der Waals surface area contributed by atoms with Crippen molar-refractivity contribution in [2.45, 2.75) is 13.8 Å². The summed E-state index contributed by atoms with van der Waals surface area (Å²) in [6.45, 7) is 3.78. The summed E-state index contributed by atoms with van der Waals surface area (Å²) in [7, 11) is 1.40. The van der Waals surface area contributed by atoms with Crippen molar-refractivity contribution in [1.29, 1.82) is 0 Å². The maximum atomic E-state index is 12.1. The van der Waals surface area contributed by atoms with Crippen LogP contribution in [0.2, 0.25) is 0 Å². The molecule has 2 aromatic heterocycles. The summed E-state index contributed by atoms with van der Waals surface area (Å²) in [5.41, 5.74) is 6.96. The van der Waals surface area contributed by atoms with Crippen molar-refractivity contribution in [3.05, 3.63) is 65.5 Å². The lowest BCUT2D eigenvalue weighted by Crippen LogP contribution is -2.22. The fraction of sp³-hybridized carbons (Fsp3) is 0.143. The first-order chi connectivity index (χ1) is 13.6. The zero-order chi connectivity index (χ0) is 19.7. The van der Waals surface area contributed by atoms with E-state index in [-0.39, 0.29) is 5.91 Å². The van der Waals surface area contributed by atoms with Crippen molar-refractivity contribution in [3.63, 3.8) is 0 Å². The van der Waals surface area contributed by atoms with Crippen molar-refractivity contribution in [2.75, 3.05) is 7.11 Å². The van der Waals surface area contributed by atoms with Crippen LogP contribution in [0.1, 0.15) is 21.7 Å². The largest absolute Gasteiger partial charge is 0.457 e. The first kappa shape index (κ1) is 17.8. The minimum absolute atomic E-state index is 0.330. The van der Waals surface area contributed by atoms with Crippen molar-refractivity contribution < 1.29 is 14.4 Å². The van der Waals surface area contributed by atoms with E-state index in [1.54, 1.807) is 0 Å². The number of hydrogen-bond donors (Lipinski definition) is 3. The van der Waals surface area contributed by atoms with Gasteiger partial charge in [-0.25, -0.2) is 10.5 Å². The van der Waals surface area contributed by atoms with Gasteiger partial charge in [0.2, 0.25) is 0 Å². The molecular weight excluding hydrogens is 356 g/mol. The highest BCUT2D eigenvalue weighted by atomic mass is 16.6.